The van der Waals surface area contributed by atoms with E-state index in [2.05, 4.69) is 25.1 Å². The number of fused-ring (bicyclic) bond motifs is 1. The molecule has 2 fully saturated rings. The maximum absolute atomic E-state index is 13.2. The van der Waals surface area contributed by atoms with Crippen molar-refractivity contribution in [2.45, 2.75) is 58.4 Å². The smallest absolute Gasteiger partial charge is 0.293 e. The maximum Gasteiger partial charge on any atom is 0.293 e. The topological polar surface area (TPSA) is 62.6 Å². The summed E-state index contributed by atoms with van der Waals surface area (Å²) in [5, 5.41) is 0.785. The minimum Gasteiger partial charge on any atom is -0.341 e. The zero-order valence-electron chi connectivity index (χ0n) is 22.0. The first-order chi connectivity index (χ1) is 18.5. The van der Waals surface area contributed by atoms with Crippen LogP contribution in [0.4, 0.5) is 4.79 Å². The number of aryl methyl sites for hydroxylation is 2. The van der Waals surface area contributed by atoms with Gasteiger partial charge in [0.1, 0.15) is 6.54 Å². The van der Waals surface area contributed by atoms with Gasteiger partial charge in [-0.25, -0.2) is 0 Å². The van der Waals surface area contributed by atoms with Gasteiger partial charge in [0.15, 0.2) is 0 Å². The van der Waals surface area contributed by atoms with E-state index in [-0.39, 0.29) is 23.6 Å². The molecular formula is C31H35N3O3S. The Kier molecular flexibility index (Phi) is 8.32. The molecule has 0 saturated carbocycles. The molecule has 5 rings (SSSR count). The van der Waals surface area contributed by atoms with Gasteiger partial charge in [-0.1, -0.05) is 68.3 Å². The van der Waals surface area contributed by atoms with Crippen molar-refractivity contribution in [2.75, 3.05) is 19.6 Å². The molecule has 0 aliphatic carbocycles. The first-order valence-corrected chi connectivity index (χ1v) is 14.5. The number of amides is 3. The molecule has 2 saturated heterocycles. The second kappa shape index (κ2) is 12.0. The highest BCUT2D eigenvalue weighted by Gasteiger charge is 2.34. The van der Waals surface area contributed by atoms with Crippen molar-refractivity contribution in [3.63, 3.8) is 0 Å². The van der Waals surface area contributed by atoms with E-state index in [4.69, 9.17) is 0 Å². The fraction of sp³-hybridized carbons (Fsp3) is 0.387. The van der Waals surface area contributed by atoms with Gasteiger partial charge < -0.3 is 9.47 Å². The van der Waals surface area contributed by atoms with E-state index < -0.39 is 0 Å². The lowest BCUT2D eigenvalue weighted by atomic mass is 10.1. The van der Waals surface area contributed by atoms with Crippen molar-refractivity contribution in [3.8, 4) is 0 Å². The van der Waals surface area contributed by atoms with Gasteiger partial charge in [-0.15, -0.1) is 0 Å². The van der Waals surface area contributed by atoms with E-state index in [9.17, 15) is 14.4 Å². The zero-order chi connectivity index (χ0) is 26.5. The average Bonchev–Trinajstić information content (AvgIpc) is 3.25. The van der Waals surface area contributed by atoms with Crippen LogP contribution in [0.1, 0.15) is 55.7 Å². The fourth-order valence-electron chi connectivity index (χ4n) is 5.48. The van der Waals surface area contributed by atoms with Crippen molar-refractivity contribution in [1.82, 2.24) is 14.4 Å². The first kappa shape index (κ1) is 26.3. The molecule has 0 unspecified atom stereocenters. The number of nitrogens with zero attached hydrogens (tertiary/aromatic N) is 3. The Morgan fingerprint density at radius 2 is 1.74 bits per heavy atom. The number of rotatable bonds is 8. The summed E-state index contributed by atoms with van der Waals surface area (Å²) in [6.45, 7) is 4.44. The quantitative estimate of drug-likeness (QED) is 0.323. The molecule has 0 bridgehead atoms. The van der Waals surface area contributed by atoms with Gasteiger partial charge in [-0.2, -0.15) is 0 Å². The lowest BCUT2D eigenvalue weighted by Crippen LogP contribution is -2.34. The zero-order valence-corrected chi connectivity index (χ0v) is 22.8. The van der Waals surface area contributed by atoms with Crippen molar-refractivity contribution in [3.05, 3.63) is 76.3 Å². The third-order valence-electron chi connectivity index (χ3n) is 7.51. The van der Waals surface area contributed by atoms with Gasteiger partial charge in [0.05, 0.1) is 10.4 Å². The number of benzene rings is 2. The highest BCUT2D eigenvalue weighted by molar-refractivity contribution is 8.18. The molecule has 7 heteroatoms. The van der Waals surface area contributed by atoms with Gasteiger partial charge in [-0.05, 0) is 61.1 Å². The van der Waals surface area contributed by atoms with Crippen LogP contribution < -0.4 is 0 Å². The standard InChI is InChI=1S/C31H35N3O3S/c1-2-24-15-10-16-26-25(21-33(29(24)26)22-28(35)32-17-8-3-4-9-18-32)20-27-30(36)34(31(37)38-27)19-11-14-23-12-6-5-7-13-23/h5-7,10,12-13,15-16,20-21H,2-4,8-9,11,14,17-19,22H2,1H3/b27-20-. The Balaban J connectivity index is 1.37. The fourth-order valence-corrected chi connectivity index (χ4v) is 6.33. The first-order valence-electron chi connectivity index (χ1n) is 13.7. The molecule has 3 aromatic rings. The van der Waals surface area contributed by atoms with Crippen LogP contribution >= 0.6 is 11.8 Å². The number of imide groups is 1. The third kappa shape index (κ3) is 5.73. The minimum atomic E-state index is -0.235. The SMILES string of the molecule is CCc1cccc2c(/C=C3\SC(=O)N(CCCc4ccccc4)C3=O)cn(CC(=O)N3CCCCCC3)c12. The molecule has 0 spiro atoms. The number of hydrogen-bond acceptors (Lipinski definition) is 4. The van der Waals surface area contributed by atoms with Crippen molar-refractivity contribution < 1.29 is 14.4 Å². The lowest BCUT2D eigenvalue weighted by molar-refractivity contribution is -0.131. The van der Waals surface area contributed by atoms with E-state index in [0.717, 1.165) is 73.4 Å². The van der Waals surface area contributed by atoms with Gasteiger partial charge in [0.2, 0.25) is 5.91 Å². The number of carbonyl (C=O) groups excluding carboxylic acids is 3. The molecule has 1 aromatic heterocycles. The van der Waals surface area contributed by atoms with E-state index in [1.165, 1.54) is 28.9 Å². The van der Waals surface area contributed by atoms with E-state index >= 15 is 0 Å². The van der Waals surface area contributed by atoms with E-state index in [0.29, 0.717) is 11.4 Å². The van der Waals surface area contributed by atoms with Crippen LogP contribution in [0.2, 0.25) is 0 Å². The molecule has 0 radical (unpaired) electrons. The molecule has 2 aliphatic heterocycles. The molecule has 198 valence electrons. The number of aromatic nitrogens is 1. The lowest BCUT2D eigenvalue weighted by Gasteiger charge is -2.21. The number of thioether (sulfide) groups is 1. The minimum absolute atomic E-state index is 0.139. The summed E-state index contributed by atoms with van der Waals surface area (Å²) in [4.78, 5) is 42.9. The summed E-state index contributed by atoms with van der Waals surface area (Å²) in [5.74, 6) is -0.0961. The second-order valence-corrected chi connectivity index (χ2v) is 11.1. The molecular weight excluding hydrogens is 494 g/mol. The number of carbonyl (C=O) groups is 3. The highest BCUT2D eigenvalue weighted by atomic mass is 32.2. The van der Waals surface area contributed by atoms with Gasteiger partial charge in [0, 0.05) is 36.8 Å². The molecule has 6 nitrogen and oxygen atoms in total. The third-order valence-corrected chi connectivity index (χ3v) is 8.42. The van der Waals surface area contributed by atoms with Crippen LogP contribution in [0, 0.1) is 0 Å². The number of hydrogen-bond donors (Lipinski definition) is 0. The Morgan fingerprint density at radius 1 is 0.974 bits per heavy atom. The maximum atomic E-state index is 13.2. The van der Waals surface area contributed by atoms with Crippen LogP contribution in [0.25, 0.3) is 17.0 Å². The van der Waals surface area contributed by atoms with Crippen LogP contribution in [-0.2, 0) is 29.0 Å². The molecule has 2 aromatic carbocycles. The summed E-state index contributed by atoms with van der Waals surface area (Å²) in [7, 11) is 0. The Labute approximate surface area is 228 Å². The Hall–Kier alpha value is -3.32. The van der Waals surface area contributed by atoms with Crippen LogP contribution in [-0.4, -0.2) is 51.1 Å². The Bertz CT molecular complexity index is 1350. The normalized spacial score (nSPS) is 17.6. The highest BCUT2D eigenvalue weighted by Crippen LogP contribution is 2.35. The van der Waals surface area contributed by atoms with E-state index in [1.54, 1.807) is 0 Å². The summed E-state index contributed by atoms with van der Waals surface area (Å²) in [6.07, 6.45) is 10.7. The molecule has 0 atom stereocenters. The second-order valence-electron chi connectivity index (χ2n) is 10.1. The molecule has 0 N–H and O–H groups in total. The van der Waals surface area contributed by atoms with Crippen LogP contribution in [0.15, 0.2) is 59.6 Å². The van der Waals surface area contributed by atoms with Crippen molar-refractivity contribution in [1.29, 1.82) is 0 Å². The number of para-hydroxylation sites is 1. The Morgan fingerprint density at radius 3 is 2.47 bits per heavy atom. The van der Waals surface area contributed by atoms with Gasteiger partial charge in [-0.3, -0.25) is 19.3 Å². The molecule has 3 amide bonds. The van der Waals surface area contributed by atoms with Gasteiger partial charge >= 0.3 is 0 Å². The molecule has 3 heterocycles. The largest absolute Gasteiger partial charge is 0.341 e. The summed E-state index contributed by atoms with van der Waals surface area (Å²) >= 11 is 1.00. The van der Waals surface area contributed by atoms with Crippen molar-refractivity contribution >= 4 is 45.8 Å². The predicted octanol–water partition coefficient (Wildman–Crippen LogP) is 6.28. The van der Waals surface area contributed by atoms with Crippen LogP contribution in [0.3, 0.4) is 0 Å². The van der Waals surface area contributed by atoms with Crippen LogP contribution in [0.5, 0.6) is 0 Å². The average molecular weight is 530 g/mol. The molecule has 2 aliphatic rings. The predicted molar refractivity (Wildman–Crippen MR) is 154 cm³/mol. The summed E-state index contributed by atoms with van der Waals surface area (Å²) < 4.78 is 2.04. The summed E-state index contributed by atoms with van der Waals surface area (Å²) in [5.41, 5.74) is 4.27. The van der Waals surface area contributed by atoms with Gasteiger partial charge in [0.25, 0.3) is 11.1 Å². The summed E-state index contributed by atoms with van der Waals surface area (Å²) in [6, 6.07) is 16.3. The van der Waals surface area contributed by atoms with E-state index in [1.807, 2.05) is 52.1 Å². The molecule has 38 heavy (non-hydrogen) atoms. The monoisotopic (exact) mass is 529 g/mol. The van der Waals surface area contributed by atoms with Crippen molar-refractivity contribution in [2.24, 2.45) is 0 Å². The number of likely N-dealkylation sites (tertiary alicyclic amines) is 1.